The monoisotopic (exact) mass is 294 g/mol. The van der Waals surface area contributed by atoms with E-state index in [9.17, 15) is 9.18 Å². The summed E-state index contributed by atoms with van der Waals surface area (Å²) in [5.74, 6) is -0.211. The predicted molar refractivity (Wildman–Crippen MR) is 82.0 cm³/mol. The molecule has 0 aromatic heterocycles. The quantitative estimate of drug-likeness (QED) is 0.687. The number of rotatable bonds is 3. The third-order valence-corrected chi connectivity index (χ3v) is 4.29. The van der Waals surface area contributed by atoms with E-state index in [2.05, 4.69) is 6.92 Å². The minimum atomic E-state index is -0.532. The lowest BCUT2D eigenvalue weighted by atomic mass is 9.98. The Morgan fingerprint density at radius 2 is 2.19 bits per heavy atom. The van der Waals surface area contributed by atoms with Crippen LogP contribution in [0.4, 0.5) is 15.8 Å². The van der Waals surface area contributed by atoms with Crippen molar-refractivity contribution >= 4 is 17.3 Å². The molecule has 2 rings (SSSR count). The summed E-state index contributed by atoms with van der Waals surface area (Å²) < 4.78 is 18.9. The maximum absolute atomic E-state index is 14.2. The highest BCUT2D eigenvalue weighted by molar-refractivity contribution is 5.96. The minimum Gasteiger partial charge on any atom is -0.465 e. The average molecular weight is 294 g/mol. The number of methoxy groups -OCH3 is 1. The average Bonchev–Trinajstić information content (AvgIpc) is 2.72. The molecule has 1 saturated heterocycles. The number of halogens is 1. The summed E-state index contributed by atoms with van der Waals surface area (Å²) in [6.07, 6.45) is 4.42. The number of hydrogen-bond donors (Lipinski definition) is 1. The highest BCUT2D eigenvalue weighted by Crippen LogP contribution is 2.29. The Hall–Kier alpha value is -1.78. The number of nitrogens with zero attached hydrogens (tertiary/aromatic N) is 1. The first kappa shape index (κ1) is 15.6. The number of ether oxygens (including phenoxy) is 1. The van der Waals surface area contributed by atoms with Gasteiger partial charge in [-0.05, 0) is 37.3 Å². The number of hydrogen-bond acceptors (Lipinski definition) is 4. The van der Waals surface area contributed by atoms with Crippen molar-refractivity contribution in [1.82, 2.24) is 0 Å². The third-order valence-electron chi connectivity index (χ3n) is 4.29. The number of benzene rings is 1. The Bertz CT molecular complexity index is 519. The molecule has 0 radical (unpaired) electrons. The fraction of sp³-hybridized carbons (Fsp3) is 0.562. The standard InChI is InChI=1S/C16H23FN2O2/c1-3-11-5-4-7-19(8-6-11)15-9-12(16(20)21-2)14(18)10-13(15)17/h9-11H,3-8,18H2,1-2H3. The van der Waals surface area contributed by atoms with Gasteiger partial charge in [0.2, 0.25) is 0 Å². The van der Waals surface area contributed by atoms with Crippen LogP contribution in [0.1, 0.15) is 43.0 Å². The largest absolute Gasteiger partial charge is 0.465 e. The van der Waals surface area contributed by atoms with Crippen molar-refractivity contribution in [1.29, 1.82) is 0 Å². The van der Waals surface area contributed by atoms with Crippen LogP contribution in [0.5, 0.6) is 0 Å². The molecule has 0 spiro atoms. The van der Waals surface area contributed by atoms with Gasteiger partial charge in [0.1, 0.15) is 5.82 Å². The van der Waals surface area contributed by atoms with Crippen molar-refractivity contribution in [3.05, 3.63) is 23.5 Å². The molecule has 0 amide bonds. The van der Waals surface area contributed by atoms with E-state index in [1.807, 2.05) is 4.90 Å². The second kappa shape index (κ2) is 6.78. The lowest BCUT2D eigenvalue weighted by Gasteiger charge is -2.24. The predicted octanol–water partition coefficient (Wildman–Crippen LogP) is 3.21. The van der Waals surface area contributed by atoms with Gasteiger partial charge in [0.25, 0.3) is 0 Å². The molecule has 1 heterocycles. The number of carbonyl (C=O) groups is 1. The lowest BCUT2D eigenvalue weighted by molar-refractivity contribution is 0.0602. The van der Waals surface area contributed by atoms with E-state index in [1.54, 1.807) is 0 Å². The molecule has 1 aromatic rings. The van der Waals surface area contributed by atoms with Crippen LogP contribution in [-0.4, -0.2) is 26.2 Å². The van der Waals surface area contributed by atoms with E-state index in [0.717, 1.165) is 32.4 Å². The Balaban J connectivity index is 2.28. The molecule has 1 atom stereocenters. The molecule has 0 aliphatic carbocycles. The number of esters is 1. The second-order valence-corrected chi connectivity index (χ2v) is 5.57. The van der Waals surface area contributed by atoms with Crippen molar-refractivity contribution in [2.24, 2.45) is 5.92 Å². The van der Waals surface area contributed by atoms with Crippen molar-refractivity contribution in [2.45, 2.75) is 32.6 Å². The lowest BCUT2D eigenvalue weighted by Crippen LogP contribution is -2.26. The fourth-order valence-corrected chi connectivity index (χ4v) is 2.92. The van der Waals surface area contributed by atoms with Gasteiger partial charge in [-0.2, -0.15) is 0 Å². The summed E-state index contributed by atoms with van der Waals surface area (Å²) in [5, 5.41) is 0. The van der Waals surface area contributed by atoms with E-state index in [-0.39, 0.29) is 17.1 Å². The fourth-order valence-electron chi connectivity index (χ4n) is 2.92. The minimum absolute atomic E-state index is 0.115. The van der Waals surface area contributed by atoms with Crippen LogP contribution in [0.15, 0.2) is 12.1 Å². The van der Waals surface area contributed by atoms with Crippen molar-refractivity contribution in [3.8, 4) is 0 Å². The summed E-state index contributed by atoms with van der Waals surface area (Å²) in [4.78, 5) is 13.7. The first-order valence-corrected chi connectivity index (χ1v) is 7.49. The van der Waals surface area contributed by atoms with Gasteiger partial charge in [-0.1, -0.05) is 13.3 Å². The van der Waals surface area contributed by atoms with Crippen LogP contribution in [0.2, 0.25) is 0 Å². The molecule has 1 aliphatic heterocycles. The zero-order valence-corrected chi connectivity index (χ0v) is 12.7. The van der Waals surface area contributed by atoms with Gasteiger partial charge in [0.05, 0.1) is 18.4 Å². The maximum Gasteiger partial charge on any atom is 0.340 e. The first-order chi connectivity index (χ1) is 10.1. The molecule has 2 N–H and O–H groups in total. The number of nitrogens with two attached hydrogens (primary N) is 1. The van der Waals surface area contributed by atoms with Gasteiger partial charge in [-0.3, -0.25) is 0 Å². The summed E-state index contributed by atoms with van der Waals surface area (Å²) >= 11 is 0. The van der Waals surface area contributed by atoms with Gasteiger partial charge in [-0.25, -0.2) is 9.18 Å². The molecule has 5 heteroatoms. The van der Waals surface area contributed by atoms with E-state index in [0.29, 0.717) is 11.6 Å². The highest BCUT2D eigenvalue weighted by Gasteiger charge is 2.21. The van der Waals surface area contributed by atoms with E-state index < -0.39 is 5.97 Å². The van der Waals surface area contributed by atoms with Crippen LogP contribution >= 0.6 is 0 Å². The Morgan fingerprint density at radius 3 is 2.86 bits per heavy atom. The van der Waals surface area contributed by atoms with Crippen molar-refractivity contribution < 1.29 is 13.9 Å². The van der Waals surface area contributed by atoms with Gasteiger partial charge < -0.3 is 15.4 Å². The summed E-state index contributed by atoms with van der Waals surface area (Å²) in [7, 11) is 1.29. The first-order valence-electron chi connectivity index (χ1n) is 7.49. The van der Waals surface area contributed by atoms with E-state index in [4.69, 9.17) is 10.5 Å². The Kier molecular flexibility index (Phi) is 5.04. The molecular weight excluding hydrogens is 271 g/mol. The smallest absolute Gasteiger partial charge is 0.340 e. The number of anilines is 2. The molecule has 1 fully saturated rings. The Morgan fingerprint density at radius 1 is 1.43 bits per heavy atom. The summed E-state index contributed by atoms with van der Waals surface area (Å²) in [6.45, 7) is 3.80. The zero-order chi connectivity index (χ0) is 15.4. The van der Waals surface area contributed by atoms with Gasteiger partial charge in [0.15, 0.2) is 0 Å². The molecule has 0 saturated carbocycles. The molecule has 116 valence electrons. The molecular formula is C16H23FN2O2. The van der Waals surface area contributed by atoms with Gasteiger partial charge in [-0.15, -0.1) is 0 Å². The van der Waals surface area contributed by atoms with Gasteiger partial charge >= 0.3 is 5.97 Å². The number of nitrogen functional groups attached to an aromatic ring is 1. The molecule has 4 nitrogen and oxygen atoms in total. The third kappa shape index (κ3) is 3.46. The van der Waals surface area contributed by atoms with Crippen molar-refractivity contribution in [3.63, 3.8) is 0 Å². The zero-order valence-electron chi connectivity index (χ0n) is 12.7. The summed E-state index contributed by atoms with van der Waals surface area (Å²) in [5.41, 5.74) is 6.50. The maximum atomic E-state index is 14.2. The number of carbonyl (C=O) groups excluding carboxylic acids is 1. The van der Waals surface area contributed by atoms with Crippen LogP contribution in [0, 0.1) is 11.7 Å². The molecule has 0 bridgehead atoms. The molecule has 1 aromatic carbocycles. The topological polar surface area (TPSA) is 55.6 Å². The van der Waals surface area contributed by atoms with Crippen LogP contribution in [0.3, 0.4) is 0 Å². The molecule has 1 aliphatic rings. The normalized spacial score (nSPS) is 19.2. The second-order valence-electron chi connectivity index (χ2n) is 5.57. The molecule has 1 unspecified atom stereocenters. The Labute approximate surface area is 125 Å². The van der Waals surface area contributed by atoms with Crippen molar-refractivity contribution in [2.75, 3.05) is 30.8 Å². The van der Waals surface area contributed by atoms with Crippen LogP contribution in [-0.2, 0) is 4.74 Å². The SMILES string of the molecule is CCC1CCCN(c2cc(C(=O)OC)c(N)cc2F)CC1. The van der Waals surface area contributed by atoms with E-state index >= 15 is 0 Å². The van der Waals surface area contributed by atoms with Crippen LogP contribution < -0.4 is 10.6 Å². The highest BCUT2D eigenvalue weighted by atomic mass is 19.1. The summed E-state index contributed by atoms with van der Waals surface area (Å²) in [6, 6.07) is 2.73. The molecule has 21 heavy (non-hydrogen) atoms. The van der Waals surface area contributed by atoms with Crippen LogP contribution in [0.25, 0.3) is 0 Å². The van der Waals surface area contributed by atoms with E-state index in [1.165, 1.54) is 25.7 Å². The van der Waals surface area contributed by atoms with Gasteiger partial charge in [0, 0.05) is 18.8 Å².